The van der Waals surface area contributed by atoms with Crippen molar-refractivity contribution in [2.45, 2.75) is 25.4 Å². The van der Waals surface area contributed by atoms with Crippen LogP contribution in [0.3, 0.4) is 0 Å². The van der Waals surface area contributed by atoms with Gasteiger partial charge in [0.25, 0.3) is 5.91 Å². The summed E-state index contributed by atoms with van der Waals surface area (Å²) in [4.78, 5) is 14.8. The number of carbonyl (C=O) groups excluding carboxylic acids is 1. The Balaban J connectivity index is 1.60. The van der Waals surface area contributed by atoms with Gasteiger partial charge in [-0.3, -0.25) is 9.69 Å². The van der Waals surface area contributed by atoms with Crippen LogP contribution in [-0.2, 0) is 6.54 Å². The minimum atomic E-state index is 0.0934. The van der Waals surface area contributed by atoms with Crippen LogP contribution in [-0.4, -0.2) is 29.9 Å². The molecule has 112 valence electrons. The lowest BCUT2D eigenvalue weighted by molar-refractivity contribution is 0.0922. The molecule has 2 aliphatic heterocycles. The normalized spacial score (nSPS) is 23.8. The van der Waals surface area contributed by atoms with Gasteiger partial charge >= 0.3 is 0 Å². The van der Waals surface area contributed by atoms with Gasteiger partial charge in [0, 0.05) is 37.2 Å². The van der Waals surface area contributed by atoms with Crippen LogP contribution in [0.1, 0.15) is 33.0 Å². The number of benzene rings is 2. The van der Waals surface area contributed by atoms with Gasteiger partial charge in [0.05, 0.1) is 0 Å². The number of carbonyl (C=O) groups is 1. The van der Waals surface area contributed by atoms with Crippen molar-refractivity contribution in [3.05, 3.63) is 70.8 Å². The van der Waals surface area contributed by atoms with Crippen molar-refractivity contribution in [2.24, 2.45) is 0 Å². The van der Waals surface area contributed by atoms with Crippen LogP contribution in [0, 0.1) is 6.92 Å². The van der Waals surface area contributed by atoms with E-state index < -0.39 is 0 Å². The molecule has 1 N–H and O–H groups in total. The maximum atomic E-state index is 12.4. The fraction of sp³-hybridized carbons (Fsp3) is 0.316. The highest BCUT2D eigenvalue weighted by atomic mass is 16.1. The number of amides is 1. The van der Waals surface area contributed by atoms with Crippen molar-refractivity contribution in [2.75, 3.05) is 13.1 Å². The first kappa shape index (κ1) is 13.5. The van der Waals surface area contributed by atoms with E-state index in [1.807, 2.05) is 19.1 Å². The number of aryl methyl sites for hydroxylation is 1. The lowest BCUT2D eigenvalue weighted by Gasteiger charge is -2.29. The summed E-state index contributed by atoms with van der Waals surface area (Å²) < 4.78 is 0. The summed E-state index contributed by atoms with van der Waals surface area (Å²) in [6.45, 7) is 4.91. The van der Waals surface area contributed by atoms with Crippen LogP contribution in [0.15, 0.2) is 48.5 Å². The van der Waals surface area contributed by atoms with Crippen LogP contribution in [0.5, 0.6) is 0 Å². The monoisotopic (exact) mass is 292 g/mol. The quantitative estimate of drug-likeness (QED) is 0.923. The molecule has 2 aliphatic rings. The Hall–Kier alpha value is -2.13. The van der Waals surface area contributed by atoms with Crippen LogP contribution >= 0.6 is 0 Å². The molecule has 0 spiro atoms. The predicted molar refractivity (Wildman–Crippen MR) is 86.9 cm³/mol. The molecule has 0 aliphatic carbocycles. The number of nitrogens with one attached hydrogen (secondary N) is 1. The first-order valence-corrected chi connectivity index (χ1v) is 7.89. The Morgan fingerprint density at radius 1 is 1.09 bits per heavy atom. The van der Waals surface area contributed by atoms with Crippen molar-refractivity contribution in [3.8, 4) is 0 Å². The molecular formula is C19H20N2O. The molecule has 0 aromatic heterocycles. The van der Waals surface area contributed by atoms with E-state index >= 15 is 0 Å². The first-order valence-electron chi connectivity index (χ1n) is 7.89. The molecule has 3 heteroatoms. The third kappa shape index (κ3) is 2.22. The number of rotatable bonds is 2. The zero-order chi connectivity index (χ0) is 15.1. The van der Waals surface area contributed by atoms with Gasteiger partial charge in [-0.1, -0.05) is 48.5 Å². The van der Waals surface area contributed by atoms with Crippen LogP contribution < -0.4 is 5.32 Å². The van der Waals surface area contributed by atoms with Gasteiger partial charge in [-0.05, 0) is 23.6 Å². The molecule has 2 atom stereocenters. The van der Waals surface area contributed by atoms with E-state index in [0.717, 1.165) is 30.8 Å². The fourth-order valence-electron chi connectivity index (χ4n) is 3.87. The van der Waals surface area contributed by atoms with Crippen molar-refractivity contribution in [1.82, 2.24) is 10.2 Å². The average molecular weight is 292 g/mol. The van der Waals surface area contributed by atoms with E-state index in [1.54, 1.807) is 0 Å². The molecule has 2 aromatic carbocycles. The maximum absolute atomic E-state index is 12.4. The predicted octanol–water partition coefficient (Wildman–Crippen LogP) is 2.71. The largest absolute Gasteiger partial charge is 0.347 e. The van der Waals surface area contributed by atoms with Crippen LogP contribution in [0.4, 0.5) is 0 Å². The maximum Gasteiger partial charge on any atom is 0.252 e. The molecule has 22 heavy (non-hydrogen) atoms. The fourth-order valence-corrected chi connectivity index (χ4v) is 3.87. The molecule has 0 saturated carbocycles. The zero-order valence-corrected chi connectivity index (χ0v) is 12.8. The van der Waals surface area contributed by atoms with Crippen molar-refractivity contribution < 1.29 is 4.79 Å². The zero-order valence-electron chi connectivity index (χ0n) is 12.8. The van der Waals surface area contributed by atoms with Crippen molar-refractivity contribution >= 4 is 5.91 Å². The van der Waals surface area contributed by atoms with Gasteiger partial charge in [-0.25, -0.2) is 0 Å². The summed E-state index contributed by atoms with van der Waals surface area (Å²) >= 11 is 0. The second-order valence-corrected chi connectivity index (χ2v) is 6.41. The molecular weight excluding hydrogens is 272 g/mol. The Bertz CT molecular complexity index is 711. The van der Waals surface area contributed by atoms with Crippen LogP contribution in [0.25, 0.3) is 0 Å². The van der Waals surface area contributed by atoms with Gasteiger partial charge in [-0.15, -0.1) is 0 Å². The first-order chi connectivity index (χ1) is 10.7. The minimum Gasteiger partial charge on any atom is -0.347 e. The highest BCUT2D eigenvalue weighted by Crippen LogP contribution is 2.35. The third-order valence-electron chi connectivity index (χ3n) is 4.89. The van der Waals surface area contributed by atoms with Gasteiger partial charge in [0.1, 0.15) is 0 Å². The summed E-state index contributed by atoms with van der Waals surface area (Å²) in [7, 11) is 0. The Labute approximate surface area is 131 Å². The van der Waals surface area contributed by atoms with E-state index in [-0.39, 0.29) is 11.9 Å². The summed E-state index contributed by atoms with van der Waals surface area (Å²) in [6.07, 6.45) is 0. The number of hydrogen-bond donors (Lipinski definition) is 1. The van der Waals surface area contributed by atoms with E-state index in [0.29, 0.717) is 5.92 Å². The second kappa shape index (κ2) is 5.25. The van der Waals surface area contributed by atoms with Crippen LogP contribution in [0.2, 0.25) is 0 Å². The smallest absolute Gasteiger partial charge is 0.252 e. The number of hydrogen-bond acceptors (Lipinski definition) is 2. The molecule has 2 heterocycles. The van der Waals surface area contributed by atoms with Crippen molar-refractivity contribution in [3.63, 3.8) is 0 Å². The number of nitrogens with zero attached hydrogens (tertiary/aromatic N) is 1. The Morgan fingerprint density at radius 3 is 2.73 bits per heavy atom. The van der Waals surface area contributed by atoms with E-state index in [1.165, 1.54) is 11.1 Å². The summed E-state index contributed by atoms with van der Waals surface area (Å²) in [5, 5.41) is 3.21. The molecule has 1 amide bonds. The van der Waals surface area contributed by atoms with E-state index in [9.17, 15) is 4.79 Å². The lowest BCUT2D eigenvalue weighted by Crippen LogP contribution is -2.44. The highest BCUT2D eigenvalue weighted by molar-refractivity contribution is 5.99. The average Bonchev–Trinajstić information content (AvgIpc) is 2.91. The van der Waals surface area contributed by atoms with Gasteiger partial charge in [0.15, 0.2) is 0 Å². The molecule has 3 nitrogen and oxygen atoms in total. The molecule has 0 radical (unpaired) electrons. The third-order valence-corrected chi connectivity index (χ3v) is 4.89. The second-order valence-electron chi connectivity index (χ2n) is 6.41. The molecule has 4 rings (SSSR count). The highest BCUT2D eigenvalue weighted by Gasteiger charge is 2.40. The number of likely N-dealkylation sites (tertiary alicyclic amines) is 1. The Kier molecular flexibility index (Phi) is 3.23. The van der Waals surface area contributed by atoms with Crippen molar-refractivity contribution in [1.29, 1.82) is 0 Å². The molecule has 0 unspecified atom stereocenters. The summed E-state index contributed by atoms with van der Waals surface area (Å²) in [5.74, 6) is 0.507. The SMILES string of the molecule is Cc1cccc2c1C(=O)N[C@@H]1CN(Cc3ccccc3)C[C@@H]21. The topological polar surface area (TPSA) is 32.3 Å². The molecule has 1 fully saturated rings. The standard InChI is InChI=1S/C19H20N2O/c1-13-6-5-9-15-16-11-21(10-14-7-3-2-4-8-14)12-17(16)20-19(22)18(13)15/h2-9,16-17H,10-12H2,1H3,(H,20,22)/t16-,17+/m0/s1. The van der Waals surface area contributed by atoms with E-state index in [4.69, 9.17) is 0 Å². The Morgan fingerprint density at radius 2 is 1.91 bits per heavy atom. The number of fused-ring (bicyclic) bond motifs is 3. The van der Waals surface area contributed by atoms with E-state index in [2.05, 4.69) is 46.6 Å². The summed E-state index contributed by atoms with van der Waals surface area (Å²) in [5.41, 5.74) is 4.53. The summed E-state index contributed by atoms with van der Waals surface area (Å²) in [6, 6.07) is 17.0. The van der Waals surface area contributed by atoms with Gasteiger partial charge in [-0.2, -0.15) is 0 Å². The minimum absolute atomic E-state index is 0.0934. The molecule has 2 aromatic rings. The molecule has 1 saturated heterocycles. The molecule has 0 bridgehead atoms. The van der Waals surface area contributed by atoms with Gasteiger partial charge in [0.2, 0.25) is 0 Å². The lowest BCUT2D eigenvalue weighted by atomic mass is 9.84. The van der Waals surface area contributed by atoms with Gasteiger partial charge < -0.3 is 5.32 Å².